The summed E-state index contributed by atoms with van der Waals surface area (Å²) in [6.07, 6.45) is 1.45. The van der Waals surface area contributed by atoms with Crippen LogP contribution >= 0.6 is 11.8 Å². The lowest BCUT2D eigenvalue weighted by molar-refractivity contribution is -0.146. The van der Waals surface area contributed by atoms with Gasteiger partial charge in [-0.3, -0.25) is 9.59 Å². The van der Waals surface area contributed by atoms with Crippen LogP contribution in [-0.4, -0.2) is 43.7 Å². The second-order valence-electron chi connectivity index (χ2n) is 6.57. The van der Waals surface area contributed by atoms with Gasteiger partial charge in [-0.05, 0) is 63.3 Å². The number of carbonyl (C=O) groups is 2. The van der Waals surface area contributed by atoms with Gasteiger partial charge in [0, 0.05) is 23.4 Å². The van der Waals surface area contributed by atoms with Crippen molar-refractivity contribution in [1.82, 2.24) is 19.6 Å². The van der Waals surface area contributed by atoms with Crippen LogP contribution in [0.4, 0.5) is 4.39 Å². The molecule has 0 saturated carbocycles. The normalized spacial score (nSPS) is 12.2. The maximum atomic E-state index is 13.0. The second kappa shape index (κ2) is 8.69. The fraction of sp³-hybridized carbons (Fsp3) is 0.350. The number of hydrogen-bond acceptors (Lipinski definition) is 7. The van der Waals surface area contributed by atoms with Gasteiger partial charge in [0.2, 0.25) is 10.9 Å². The Hall–Kier alpha value is -2.81. The number of aryl methyl sites for hydroxylation is 2. The summed E-state index contributed by atoms with van der Waals surface area (Å²) in [4.78, 5) is 33.4. The summed E-state index contributed by atoms with van der Waals surface area (Å²) in [5.74, 6) is -0.773. The van der Waals surface area contributed by atoms with Gasteiger partial charge in [-0.25, -0.2) is 13.9 Å². The average molecular weight is 416 g/mol. The highest BCUT2D eigenvalue weighted by Gasteiger charge is 2.20. The summed E-state index contributed by atoms with van der Waals surface area (Å²) >= 11 is 1.43. The highest BCUT2D eigenvalue weighted by molar-refractivity contribution is 7.98. The summed E-state index contributed by atoms with van der Waals surface area (Å²) in [6, 6.07) is 5.14. The van der Waals surface area contributed by atoms with E-state index in [4.69, 9.17) is 4.74 Å². The molecule has 0 aliphatic heterocycles. The van der Waals surface area contributed by atoms with Gasteiger partial charge in [-0.1, -0.05) is 11.8 Å². The minimum atomic E-state index is -0.949. The zero-order chi connectivity index (χ0) is 21.1. The standard InChI is InChI=1S/C20H21FN4O3S/c1-11-16(12(2)25-19(22-11)23-20(24-25)29-4)9-10-17(26)28-13(3)18(27)14-5-7-15(21)8-6-14/h5-8,13H,9-10H2,1-4H3/t13-/m1/s1. The van der Waals surface area contributed by atoms with Crippen molar-refractivity contribution in [1.29, 1.82) is 0 Å². The van der Waals surface area contributed by atoms with Crippen molar-refractivity contribution in [3.8, 4) is 0 Å². The highest BCUT2D eigenvalue weighted by Crippen LogP contribution is 2.18. The van der Waals surface area contributed by atoms with Crippen molar-refractivity contribution in [2.24, 2.45) is 0 Å². The number of nitrogens with zero attached hydrogens (tertiary/aromatic N) is 4. The number of carbonyl (C=O) groups excluding carboxylic acids is 2. The van der Waals surface area contributed by atoms with Gasteiger partial charge < -0.3 is 4.74 Å². The molecule has 2 heterocycles. The van der Waals surface area contributed by atoms with Gasteiger partial charge in [0.25, 0.3) is 5.78 Å². The minimum Gasteiger partial charge on any atom is -0.454 e. The molecule has 0 radical (unpaired) electrons. The van der Waals surface area contributed by atoms with Gasteiger partial charge in [-0.2, -0.15) is 4.98 Å². The lowest BCUT2D eigenvalue weighted by atomic mass is 10.1. The second-order valence-corrected chi connectivity index (χ2v) is 7.35. The van der Waals surface area contributed by atoms with E-state index in [2.05, 4.69) is 15.1 Å². The number of ketones is 1. The molecule has 0 aliphatic carbocycles. The molecule has 1 atom stereocenters. The number of thioether (sulfide) groups is 1. The predicted molar refractivity (Wildman–Crippen MR) is 107 cm³/mol. The number of fused-ring (bicyclic) bond motifs is 1. The van der Waals surface area contributed by atoms with Gasteiger partial charge in [0.05, 0.1) is 0 Å². The Bertz CT molecular complexity index is 1070. The van der Waals surface area contributed by atoms with Gasteiger partial charge in [-0.15, -0.1) is 5.10 Å². The fourth-order valence-electron chi connectivity index (χ4n) is 3.02. The maximum Gasteiger partial charge on any atom is 0.306 e. The van der Waals surface area contributed by atoms with E-state index in [1.54, 1.807) is 4.52 Å². The van der Waals surface area contributed by atoms with Crippen LogP contribution in [0.5, 0.6) is 0 Å². The number of ether oxygens (including phenoxy) is 1. The molecule has 0 saturated heterocycles. The Balaban J connectivity index is 1.65. The van der Waals surface area contributed by atoms with Crippen LogP contribution in [0.1, 0.15) is 40.7 Å². The molecular weight excluding hydrogens is 395 g/mol. The van der Waals surface area contributed by atoms with Crippen LogP contribution in [-0.2, 0) is 16.0 Å². The summed E-state index contributed by atoms with van der Waals surface area (Å²) in [7, 11) is 0. The number of hydrogen-bond donors (Lipinski definition) is 0. The molecule has 0 amide bonds. The first kappa shape index (κ1) is 20.9. The van der Waals surface area contributed by atoms with E-state index in [1.165, 1.54) is 43.0 Å². The third-order valence-electron chi connectivity index (χ3n) is 4.60. The van der Waals surface area contributed by atoms with Crippen molar-refractivity contribution in [2.45, 2.75) is 44.9 Å². The zero-order valence-corrected chi connectivity index (χ0v) is 17.4. The van der Waals surface area contributed by atoms with Crippen LogP contribution in [0.3, 0.4) is 0 Å². The van der Waals surface area contributed by atoms with Crippen molar-refractivity contribution in [3.05, 3.63) is 52.6 Å². The monoisotopic (exact) mass is 416 g/mol. The Morgan fingerprint density at radius 2 is 1.90 bits per heavy atom. The lowest BCUT2D eigenvalue weighted by Crippen LogP contribution is -2.24. The van der Waals surface area contributed by atoms with Crippen molar-refractivity contribution >= 4 is 29.3 Å². The topological polar surface area (TPSA) is 86.5 Å². The van der Waals surface area contributed by atoms with Crippen molar-refractivity contribution < 1.29 is 18.7 Å². The maximum absolute atomic E-state index is 13.0. The third kappa shape index (κ3) is 4.61. The van der Waals surface area contributed by atoms with Crippen LogP contribution in [0.2, 0.25) is 0 Å². The summed E-state index contributed by atoms with van der Waals surface area (Å²) in [5.41, 5.74) is 2.83. The first-order chi connectivity index (χ1) is 13.8. The van der Waals surface area contributed by atoms with Crippen LogP contribution in [0, 0.1) is 19.7 Å². The fourth-order valence-corrected chi connectivity index (χ4v) is 3.36. The van der Waals surface area contributed by atoms with E-state index in [0.29, 0.717) is 22.9 Å². The van der Waals surface area contributed by atoms with E-state index < -0.39 is 17.9 Å². The van der Waals surface area contributed by atoms with Crippen molar-refractivity contribution in [3.63, 3.8) is 0 Å². The van der Waals surface area contributed by atoms with E-state index in [-0.39, 0.29) is 12.2 Å². The molecule has 0 spiro atoms. The summed E-state index contributed by atoms with van der Waals surface area (Å²) in [6.45, 7) is 5.27. The largest absolute Gasteiger partial charge is 0.454 e. The number of rotatable bonds is 7. The van der Waals surface area contributed by atoms with Crippen LogP contribution in [0.15, 0.2) is 29.4 Å². The molecule has 3 rings (SSSR count). The third-order valence-corrected chi connectivity index (χ3v) is 5.14. The molecule has 0 N–H and O–H groups in total. The molecule has 2 aromatic heterocycles. The molecule has 7 nitrogen and oxygen atoms in total. The molecule has 3 aromatic rings. The SMILES string of the molecule is CSc1nc2nc(C)c(CCC(=O)O[C@H](C)C(=O)c3ccc(F)cc3)c(C)n2n1. The minimum absolute atomic E-state index is 0.0972. The smallest absolute Gasteiger partial charge is 0.306 e. The van der Waals surface area contributed by atoms with E-state index in [9.17, 15) is 14.0 Å². The quantitative estimate of drug-likeness (QED) is 0.332. The van der Waals surface area contributed by atoms with Crippen molar-refractivity contribution in [2.75, 3.05) is 6.26 Å². The predicted octanol–water partition coefficient (Wildman–Crippen LogP) is 3.35. The summed E-state index contributed by atoms with van der Waals surface area (Å²) < 4.78 is 19.9. The van der Waals surface area contributed by atoms with E-state index in [1.807, 2.05) is 20.1 Å². The van der Waals surface area contributed by atoms with Crippen LogP contribution < -0.4 is 0 Å². The molecule has 0 unspecified atom stereocenters. The molecule has 29 heavy (non-hydrogen) atoms. The first-order valence-electron chi connectivity index (χ1n) is 9.06. The molecule has 152 valence electrons. The molecular formula is C20H21FN4O3S. The Morgan fingerprint density at radius 1 is 1.21 bits per heavy atom. The molecule has 9 heteroatoms. The number of benzene rings is 1. The lowest BCUT2D eigenvalue weighted by Gasteiger charge is -2.13. The highest BCUT2D eigenvalue weighted by atomic mass is 32.2. The van der Waals surface area contributed by atoms with Gasteiger partial charge in [0.1, 0.15) is 5.82 Å². The Labute approximate surface area is 171 Å². The average Bonchev–Trinajstić information content (AvgIpc) is 3.11. The Kier molecular flexibility index (Phi) is 6.26. The number of esters is 1. The number of aromatic nitrogens is 4. The van der Waals surface area contributed by atoms with E-state index in [0.717, 1.165) is 17.0 Å². The Morgan fingerprint density at radius 3 is 2.55 bits per heavy atom. The summed E-state index contributed by atoms with van der Waals surface area (Å²) in [5, 5.41) is 5.02. The zero-order valence-electron chi connectivity index (χ0n) is 16.6. The van der Waals surface area contributed by atoms with Crippen LogP contribution in [0.25, 0.3) is 5.78 Å². The molecule has 0 fully saturated rings. The van der Waals surface area contributed by atoms with Gasteiger partial charge in [0.15, 0.2) is 6.10 Å². The first-order valence-corrected chi connectivity index (χ1v) is 10.3. The molecule has 0 aliphatic rings. The van der Waals surface area contributed by atoms with Gasteiger partial charge >= 0.3 is 5.97 Å². The number of Topliss-reactive ketones (excluding diaryl/α,β-unsaturated/α-hetero) is 1. The molecule has 0 bridgehead atoms. The number of halogens is 1. The molecule has 1 aromatic carbocycles. The van der Waals surface area contributed by atoms with E-state index >= 15 is 0 Å².